The molecule has 1 amide bonds. The van der Waals surface area contributed by atoms with Gasteiger partial charge in [-0.05, 0) is 35.3 Å². The van der Waals surface area contributed by atoms with Crippen molar-refractivity contribution in [1.82, 2.24) is 5.48 Å². The monoisotopic (exact) mass is 329 g/mol. The Morgan fingerprint density at radius 3 is 2.54 bits per heavy atom. The highest BCUT2D eigenvalue weighted by molar-refractivity contribution is 5.91. The van der Waals surface area contributed by atoms with Crippen molar-refractivity contribution in [3.63, 3.8) is 0 Å². The Labute approximate surface area is 141 Å². The quantitative estimate of drug-likeness (QED) is 0.371. The molecule has 128 valence electrons. The summed E-state index contributed by atoms with van der Waals surface area (Å²) in [5.74, 6) is -0.379. The summed E-state index contributed by atoms with van der Waals surface area (Å²) in [6.07, 6.45) is 3.45. The Morgan fingerprint density at radius 1 is 1.21 bits per heavy atom. The van der Waals surface area contributed by atoms with Crippen LogP contribution < -0.4 is 5.48 Å². The number of rotatable bonds is 6. The molecule has 0 aromatic heterocycles. The molecule has 24 heavy (non-hydrogen) atoms. The van der Waals surface area contributed by atoms with Crippen molar-refractivity contribution in [2.24, 2.45) is 5.41 Å². The molecule has 0 aliphatic heterocycles. The number of fused-ring (bicyclic) bond motifs is 1. The molecule has 2 aromatic carbocycles. The van der Waals surface area contributed by atoms with Crippen LogP contribution in [0.3, 0.4) is 0 Å². The maximum atomic E-state index is 10.9. The zero-order valence-corrected chi connectivity index (χ0v) is 13.9. The van der Waals surface area contributed by atoms with E-state index in [1.54, 1.807) is 18.2 Å². The van der Waals surface area contributed by atoms with E-state index >= 15 is 0 Å². The number of carbonyl (C=O) groups excluding carboxylic acids is 1. The third-order valence-corrected chi connectivity index (χ3v) is 4.30. The largest absolute Gasteiger partial charge is 0.507 e. The fraction of sp³-hybridized carbons (Fsp3) is 0.316. The van der Waals surface area contributed by atoms with Crippen LogP contribution in [0.2, 0.25) is 0 Å². The lowest BCUT2D eigenvalue weighted by Gasteiger charge is -2.31. The van der Waals surface area contributed by atoms with Gasteiger partial charge in [-0.25, -0.2) is 5.48 Å². The van der Waals surface area contributed by atoms with E-state index in [0.29, 0.717) is 18.2 Å². The van der Waals surface area contributed by atoms with Crippen molar-refractivity contribution in [3.05, 3.63) is 54.1 Å². The molecule has 0 aliphatic carbocycles. The van der Waals surface area contributed by atoms with Crippen LogP contribution in [0.5, 0.6) is 5.75 Å². The predicted octanol–water partition coefficient (Wildman–Crippen LogP) is 3.45. The Kier molecular flexibility index (Phi) is 5.59. The number of carbonyl (C=O) groups is 1. The average molecular weight is 329 g/mol. The van der Waals surface area contributed by atoms with E-state index in [-0.39, 0.29) is 5.75 Å². The lowest BCUT2D eigenvalue weighted by molar-refractivity contribution is -0.124. The van der Waals surface area contributed by atoms with Gasteiger partial charge in [0, 0.05) is 11.5 Å². The zero-order chi connectivity index (χ0) is 17.7. The number of allylic oxidation sites excluding steroid dienone is 1. The summed E-state index contributed by atoms with van der Waals surface area (Å²) < 4.78 is 0. The Hall–Kier alpha value is -2.37. The molecular weight excluding hydrogens is 306 g/mol. The minimum absolute atomic E-state index is 0.192. The van der Waals surface area contributed by atoms with Gasteiger partial charge in [0.2, 0.25) is 0 Å². The normalized spacial score (nSPS) is 13.3. The maximum Gasteiger partial charge on any atom is 0.267 e. The first-order valence-corrected chi connectivity index (χ1v) is 7.86. The van der Waals surface area contributed by atoms with E-state index in [0.717, 1.165) is 10.9 Å². The SMILES string of the molecule is CC(C)(CC/C=C/C(=O)NO)[C@H](O)c1ccc(O)c2ccccc12. The van der Waals surface area contributed by atoms with Gasteiger partial charge in [-0.15, -0.1) is 0 Å². The number of aromatic hydroxyl groups is 1. The van der Waals surface area contributed by atoms with Crippen LogP contribution in [-0.2, 0) is 4.79 Å². The van der Waals surface area contributed by atoms with E-state index in [2.05, 4.69) is 0 Å². The third kappa shape index (κ3) is 3.93. The first kappa shape index (κ1) is 18.0. The molecule has 0 fully saturated rings. The molecule has 5 heteroatoms. The van der Waals surface area contributed by atoms with Gasteiger partial charge in [0.1, 0.15) is 5.75 Å². The minimum atomic E-state index is -0.719. The van der Waals surface area contributed by atoms with Crippen LogP contribution in [0.15, 0.2) is 48.6 Å². The summed E-state index contributed by atoms with van der Waals surface area (Å²) in [6.45, 7) is 3.92. The highest BCUT2D eigenvalue weighted by atomic mass is 16.5. The number of benzene rings is 2. The first-order chi connectivity index (χ1) is 11.4. The summed E-state index contributed by atoms with van der Waals surface area (Å²) in [7, 11) is 0. The molecule has 2 rings (SSSR count). The topological polar surface area (TPSA) is 89.8 Å². The second-order valence-electron chi connectivity index (χ2n) is 6.53. The molecule has 2 aromatic rings. The van der Waals surface area contributed by atoms with Gasteiger partial charge in [-0.2, -0.15) is 0 Å². The number of aliphatic hydroxyl groups is 1. The van der Waals surface area contributed by atoms with Crippen molar-refractivity contribution < 1.29 is 20.2 Å². The summed E-state index contributed by atoms with van der Waals surface area (Å²) in [4.78, 5) is 10.9. The second-order valence-corrected chi connectivity index (χ2v) is 6.53. The maximum absolute atomic E-state index is 10.9. The average Bonchev–Trinajstić information content (AvgIpc) is 2.58. The van der Waals surface area contributed by atoms with Crippen LogP contribution in [0.25, 0.3) is 10.8 Å². The van der Waals surface area contributed by atoms with Gasteiger partial charge < -0.3 is 10.2 Å². The highest BCUT2D eigenvalue weighted by Gasteiger charge is 2.29. The number of nitrogens with one attached hydrogen (secondary N) is 1. The van der Waals surface area contributed by atoms with Gasteiger partial charge in [0.05, 0.1) is 6.10 Å². The van der Waals surface area contributed by atoms with Crippen LogP contribution in [0, 0.1) is 5.41 Å². The number of hydrogen-bond acceptors (Lipinski definition) is 4. The molecule has 0 saturated carbocycles. The van der Waals surface area contributed by atoms with Gasteiger partial charge in [0.25, 0.3) is 5.91 Å². The van der Waals surface area contributed by atoms with Crippen LogP contribution in [0.1, 0.15) is 38.4 Å². The highest BCUT2D eigenvalue weighted by Crippen LogP contribution is 2.41. The molecule has 0 radical (unpaired) electrons. The van der Waals surface area contributed by atoms with Crippen LogP contribution in [0.4, 0.5) is 0 Å². The van der Waals surface area contributed by atoms with E-state index in [4.69, 9.17) is 5.21 Å². The fourth-order valence-electron chi connectivity index (χ4n) is 2.79. The summed E-state index contributed by atoms with van der Waals surface area (Å²) >= 11 is 0. The third-order valence-electron chi connectivity index (χ3n) is 4.30. The minimum Gasteiger partial charge on any atom is -0.507 e. The second kappa shape index (κ2) is 7.47. The molecule has 5 nitrogen and oxygen atoms in total. The van der Waals surface area contributed by atoms with Gasteiger partial charge in [0.15, 0.2) is 0 Å². The van der Waals surface area contributed by atoms with Gasteiger partial charge in [-0.1, -0.05) is 50.3 Å². The number of hydroxylamine groups is 1. The fourth-order valence-corrected chi connectivity index (χ4v) is 2.79. The summed E-state index contributed by atoms with van der Waals surface area (Å²) in [6, 6.07) is 10.8. The van der Waals surface area contributed by atoms with Gasteiger partial charge in [-0.3, -0.25) is 10.0 Å². The number of phenols is 1. The molecule has 0 unspecified atom stereocenters. The summed E-state index contributed by atoms with van der Waals surface area (Å²) in [5, 5.41) is 30.8. The lowest BCUT2D eigenvalue weighted by Crippen LogP contribution is -2.22. The molecule has 4 N–H and O–H groups in total. The molecule has 1 atom stereocenters. The zero-order valence-electron chi connectivity index (χ0n) is 13.9. The summed E-state index contributed by atoms with van der Waals surface area (Å²) in [5.41, 5.74) is 1.88. The van der Waals surface area contributed by atoms with E-state index < -0.39 is 17.4 Å². The smallest absolute Gasteiger partial charge is 0.267 e. The lowest BCUT2D eigenvalue weighted by atomic mass is 9.77. The van der Waals surface area contributed by atoms with Gasteiger partial charge >= 0.3 is 0 Å². The Bertz CT molecular complexity index is 752. The van der Waals surface area contributed by atoms with Crippen molar-refractivity contribution in [1.29, 1.82) is 0 Å². The Balaban J connectivity index is 2.21. The van der Waals surface area contributed by atoms with Crippen molar-refractivity contribution in [2.45, 2.75) is 32.8 Å². The molecular formula is C19H23NO4. The van der Waals surface area contributed by atoms with E-state index in [9.17, 15) is 15.0 Å². The van der Waals surface area contributed by atoms with Crippen molar-refractivity contribution in [2.75, 3.05) is 0 Å². The number of phenolic OH excluding ortho intramolecular Hbond substituents is 1. The van der Waals surface area contributed by atoms with Crippen molar-refractivity contribution in [3.8, 4) is 5.75 Å². The predicted molar refractivity (Wildman–Crippen MR) is 92.7 cm³/mol. The van der Waals surface area contributed by atoms with Crippen LogP contribution in [-0.4, -0.2) is 21.3 Å². The molecule has 0 bridgehead atoms. The Morgan fingerprint density at radius 2 is 1.88 bits per heavy atom. The molecule has 0 aliphatic rings. The standard InChI is InChI=1S/C19H23NO4/c1-19(2,12-6-5-9-17(22)20-24)18(23)15-10-11-16(21)14-8-4-3-7-13(14)15/h3-5,7-11,18,21,23-24H,6,12H2,1-2H3,(H,20,22)/b9-5+/t18-/m1/s1. The number of amides is 1. The molecule has 0 heterocycles. The molecule has 0 saturated heterocycles. The van der Waals surface area contributed by atoms with Crippen molar-refractivity contribution >= 4 is 16.7 Å². The van der Waals surface area contributed by atoms with E-state index in [1.165, 1.54) is 11.6 Å². The number of aliphatic hydroxyl groups excluding tert-OH is 1. The number of hydrogen-bond donors (Lipinski definition) is 4. The molecule has 0 spiro atoms. The van der Waals surface area contributed by atoms with E-state index in [1.807, 2.05) is 38.1 Å². The van der Waals surface area contributed by atoms with Crippen LogP contribution >= 0.6 is 0 Å². The first-order valence-electron chi connectivity index (χ1n) is 7.86.